The summed E-state index contributed by atoms with van der Waals surface area (Å²) >= 11 is 0. The second-order valence-electron chi connectivity index (χ2n) is 5.26. The predicted octanol–water partition coefficient (Wildman–Crippen LogP) is 0.529. The van der Waals surface area contributed by atoms with Gasteiger partial charge in [0.05, 0.1) is 6.26 Å². The number of oxime groups is 1. The first-order valence-corrected chi connectivity index (χ1v) is 6.52. The van der Waals surface area contributed by atoms with Crippen molar-refractivity contribution in [1.29, 1.82) is 0 Å². The van der Waals surface area contributed by atoms with E-state index in [0.717, 1.165) is 18.7 Å². The van der Waals surface area contributed by atoms with Crippen molar-refractivity contribution >= 4 is 11.7 Å². The Labute approximate surface area is 117 Å². The number of likely N-dealkylation sites (tertiary alicyclic amines) is 1. The van der Waals surface area contributed by atoms with Gasteiger partial charge in [-0.3, -0.25) is 4.79 Å². The first-order chi connectivity index (χ1) is 9.48. The summed E-state index contributed by atoms with van der Waals surface area (Å²) < 4.78 is 5.18. The van der Waals surface area contributed by atoms with Gasteiger partial charge in [0, 0.05) is 18.7 Å². The number of amides is 1. The molecule has 1 fully saturated rings. The van der Waals surface area contributed by atoms with Gasteiger partial charge in [-0.25, -0.2) is 0 Å². The second-order valence-corrected chi connectivity index (χ2v) is 5.26. The van der Waals surface area contributed by atoms with Gasteiger partial charge in [0.1, 0.15) is 5.54 Å². The minimum Gasteiger partial charge on any atom is -0.459 e. The lowest BCUT2D eigenvalue weighted by Crippen LogP contribution is -2.62. The zero-order valence-electron chi connectivity index (χ0n) is 11.7. The van der Waals surface area contributed by atoms with Crippen LogP contribution >= 0.6 is 0 Å². The van der Waals surface area contributed by atoms with Crippen molar-refractivity contribution in [2.24, 2.45) is 10.9 Å². The summed E-state index contributed by atoms with van der Waals surface area (Å²) in [5, 5.41) is 15.0. The van der Waals surface area contributed by atoms with E-state index in [-0.39, 0.29) is 17.5 Å². The van der Waals surface area contributed by atoms with Crippen LogP contribution in [0.4, 0.5) is 0 Å². The summed E-state index contributed by atoms with van der Waals surface area (Å²) in [4.78, 5) is 14.4. The van der Waals surface area contributed by atoms with Crippen molar-refractivity contribution in [1.82, 2.24) is 10.2 Å². The number of hydrogen-bond acceptors (Lipinski definition) is 5. The summed E-state index contributed by atoms with van der Waals surface area (Å²) in [6.45, 7) is 3.31. The van der Waals surface area contributed by atoms with Crippen LogP contribution in [0.25, 0.3) is 0 Å². The molecule has 0 atom stereocenters. The van der Waals surface area contributed by atoms with Crippen molar-refractivity contribution in [2.75, 3.05) is 20.1 Å². The van der Waals surface area contributed by atoms with Gasteiger partial charge in [-0.1, -0.05) is 5.16 Å². The number of piperidine rings is 1. The average Bonchev–Trinajstić information content (AvgIpc) is 2.87. The Morgan fingerprint density at radius 3 is 2.70 bits per heavy atom. The third-order valence-electron chi connectivity index (χ3n) is 3.86. The largest absolute Gasteiger partial charge is 0.459 e. The van der Waals surface area contributed by atoms with Crippen LogP contribution in [0.2, 0.25) is 0 Å². The first kappa shape index (κ1) is 14.4. The first-order valence-electron chi connectivity index (χ1n) is 6.52. The van der Waals surface area contributed by atoms with E-state index in [9.17, 15) is 4.79 Å². The molecular formula is C13H20N4O3. The Morgan fingerprint density at radius 1 is 1.55 bits per heavy atom. The van der Waals surface area contributed by atoms with Gasteiger partial charge < -0.3 is 25.6 Å². The maximum atomic E-state index is 12.3. The minimum absolute atomic E-state index is 0.0307. The number of aryl methyl sites for hydroxylation is 1. The standard InChI is InChI=1S/C13H20N4O3/c1-9-3-8-20-10(9)11(18)15-13(12(14)16-19)4-6-17(2)7-5-13/h3,8,19H,4-7H2,1-2H3,(H2,14,16)(H,15,18). The molecule has 1 aliphatic rings. The highest BCUT2D eigenvalue weighted by atomic mass is 16.4. The summed E-state index contributed by atoms with van der Waals surface area (Å²) in [5.41, 5.74) is 5.74. The molecule has 0 aromatic carbocycles. The molecule has 7 nitrogen and oxygen atoms in total. The highest BCUT2D eigenvalue weighted by Gasteiger charge is 2.40. The molecule has 0 unspecified atom stereocenters. The van der Waals surface area contributed by atoms with E-state index in [1.54, 1.807) is 13.0 Å². The SMILES string of the molecule is Cc1ccoc1C(=O)NC1(/C(N)=N/O)CCN(C)CC1. The van der Waals surface area contributed by atoms with Crippen molar-refractivity contribution < 1.29 is 14.4 Å². The molecule has 2 heterocycles. The molecule has 0 bridgehead atoms. The van der Waals surface area contributed by atoms with Crippen molar-refractivity contribution in [3.05, 3.63) is 23.7 Å². The van der Waals surface area contributed by atoms with Crippen LogP contribution in [0.1, 0.15) is 29.0 Å². The van der Waals surface area contributed by atoms with Crippen LogP contribution in [0, 0.1) is 6.92 Å². The van der Waals surface area contributed by atoms with E-state index in [1.807, 2.05) is 7.05 Å². The van der Waals surface area contributed by atoms with E-state index in [0.29, 0.717) is 12.8 Å². The summed E-state index contributed by atoms with van der Waals surface area (Å²) in [7, 11) is 1.99. The van der Waals surface area contributed by atoms with E-state index >= 15 is 0 Å². The van der Waals surface area contributed by atoms with Gasteiger partial charge in [0.15, 0.2) is 11.6 Å². The third kappa shape index (κ3) is 2.62. The number of nitrogens with one attached hydrogen (secondary N) is 1. The number of carbonyl (C=O) groups is 1. The van der Waals surface area contributed by atoms with E-state index in [1.165, 1.54) is 6.26 Å². The Kier molecular flexibility index (Phi) is 3.99. The van der Waals surface area contributed by atoms with Gasteiger partial charge in [-0.15, -0.1) is 0 Å². The zero-order valence-corrected chi connectivity index (χ0v) is 11.7. The lowest BCUT2D eigenvalue weighted by molar-refractivity contribution is 0.0857. The Bertz CT molecular complexity index is 515. The van der Waals surface area contributed by atoms with Crippen LogP contribution in [-0.4, -0.2) is 47.5 Å². The number of nitrogens with two attached hydrogens (primary N) is 1. The fourth-order valence-corrected chi connectivity index (χ4v) is 2.42. The fourth-order valence-electron chi connectivity index (χ4n) is 2.42. The smallest absolute Gasteiger partial charge is 0.288 e. The highest BCUT2D eigenvalue weighted by molar-refractivity contribution is 5.99. The Balaban J connectivity index is 2.21. The van der Waals surface area contributed by atoms with Crippen molar-refractivity contribution in [3.8, 4) is 0 Å². The van der Waals surface area contributed by atoms with Crippen LogP contribution in [0.3, 0.4) is 0 Å². The van der Waals surface area contributed by atoms with E-state index < -0.39 is 5.54 Å². The van der Waals surface area contributed by atoms with Gasteiger partial charge in [-0.2, -0.15) is 0 Å². The molecule has 4 N–H and O–H groups in total. The van der Waals surface area contributed by atoms with Crippen LogP contribution in [0.15, 0.2) is 21.9 Å². The molecule has 1 amide bonds. The monoisotopic (exact) mass is 280 g/mol. The van der Waals surface area contributed by atoms with Gasteiger partial charge in [0.2, 0.25) is 0 Å². The molecule has 20 heavy (non-hydrogen) atoms. The summed E-state index contributed by atoms with van der Waals surface area (Å²) in [5.74, 6) is -0.0548. The number of furan rings is 1. The molecule has 0 saturated carbocycles. The number of nitrogens with zero attached hydrogens (tertiary/aromatic N) is 2. The van der Waals surface area contributed by atoms with E-state index in [2.05, 4.69) is 15.4 Å². The van der Waals surface area contributed by atoms with Crippen LogP contribution in [0.5, 0.6) is 0 Å². The average molecular weight is 280 g/mol. The van der Waals surface area contributed by atoms with Gasteiger partial charge >= 0.3 is 0 Å². The summed E-state index contributed by atoms with van der Waals surface area (Å²) in [6, 6.07) is 1.72. The maximum Gasteiger partial charge on any atom is 0.288 e. The molecular weight excluding hydrogens is 260 g/mol. The fraction of sp³-hybridized carbons (Fsp3) is 0.538. The number of hydrogen-bond donors (Lipinski definition) is 3. The lowest BCUT2D eigenvalue weighted by atomic mass is 9.86. The van der Waals surface area contributed by atoms with E-state index in [4.69, 9.17) is 15.4 Å². The zero-order chi connectivity index (χ0) is 14.8. The van der Waals surface area contributed by atoms with Crippen LogP contribution < -0.4 is 11.1 Å². The lowest BCUT2D eigenvalue weighted by Gasteiger charge is -2.39. The van der Waals surface area contributed by atoms with Crippen molar-refractivity contribution in [3.63, 3.8) is 0 Å². The quantitative estimate of drug-likeness (QED) is 0.324. The number of carbonyl (C=O) groups excluding carboxylic acids is 1. The van der Waals surface area contributed by atoms with Gasteiger partial charge in [0.25, 0.3) is 5.91 Å². The van der Waals surface area contributed by atoms with Gasteiger partial charge in [-0.05, 0) is 32.9 Å². The number of amidine groups is 1. The second kappa shape index (κ2) is 5.54. The molecule has 0 aliphatic carbocycles. The maximum absolute atomic E-state index is 12.3. The Morgan fingerprint density at radius 2 is 2.20 bits per heavy atom. The molecule has 1 aromatic heterocycles. The predicted molar refractivity (Wildman–Crippen MR) is 73.8 cm³/mol. The molecule has 7 heteroatoms. The topological polar surface area (TPSA) is 104 Å². The molecule has 110 valence electrons. The summed E-state index contributed by atoms with van der Waals surface area (Å²) in [6.07, 6.45) is 2.64. The number of rotatable bonds is 3. The Hall–Kier alpha value is -2.02. The minimum atomic E-state index is -0.822. The molecule has 0 radical (unpaired) electrons. The normalized spacial score (nSPS) is 19.8. The highest BCUT2D eigenvalue weighted by Crippen LogP contribution is 2.23. The van der Waals surface area contributed by atoms with Crippen molar-refractivity contribution in [2.45, 2.75) is 25.3 Å². The van der Waals surface area contributed by atoms with Crippen LogP contribution in [-0.2, 0) is 0 Å². The molecule has 1 saturated heterocycles. The molecule has 1 aromatic rings. The molecule has 1 aliphatic heterocycles. The third-order valence-corrected chi connectivity index (χ3v) is 3.86. The molecule has 2 rings (SSSR count). The molecule has 0 spiro atoms.